The second-order valence-electron chi connectivity index (χ2n) is 38.3. The van der Waals surface area contributed by atoms with Crippen molar-refractivity contribution in [2.24, 2.45) is 0 Å². The van der Waals surface area contributed by atoms with Gasteiger partial charge in [0.15, 0.2) is 0 Å². The average Bonchev–Trinajstić information content (AvgIpc) is 1.63. The molecule has 148 heavy (non-hydrogen) atoms. The Labute approximate surface area is 860 Å². The molecule has 0 N–H and O–H groups in total. The van der Waals surface area contributed by atoms with Crippen molar-refractivity contribution in [1.29, 1.82) is 0 Å². The van der Waals surface area contributed by atoms with Gasteiger partial charge in [-0.25, -0.2) is 9.97 Å². The highest BCUT2D eigenvalue weighted by atomic mass is 15.1. The predicted octanol–water partition coefficient (Wildman–Crippen LogP) is 39.6. The summed E-state index contributed by atoms with van der Waals surface area (Å²) >= 11 is 0. The summed E-state index contributed by atoms with van der Waals surface area (Å²) in [5.74, 6) is 0. The molecule has 0 aliphatic rings. The Balaban J connectivity index is 0.000000113. The number of fused-ring (bicyclic) bond motifs is 12. The van der Waals surface area contributed by atoms with Crippen LogP contribution in [-0.2, 0) is 0 Å². The van der Waals surface area contributed by atoms with Gasteiger partial charge in [0.25, 0.3) is 0 Å². The van der Waals surface area contributed by atoms with E-state index in [0.717, 1.165) is 89.3 Å². The van der Waals surface area contributed by atoms with Crippen LogP contribution in [0.15, 0.2) is 582 Å². The molecule has 0 saturated carbocycles. The zero-order valence-electron chi connectivity index (χ0n) is 81.2. The van der Waals surface area contributed by atoms with Gasteiger partial charge in [-0.1, -0.05) is 455 Å². The molecule has 3 heterocycles. The van der Waals surface area contributed by atoms with Crippen LogP contribution in [0.2, 0.25) is 0 Å². The minimum atomic E-state index is 0.904. The summed E-state index contributed by atoms with van der Waals surface area (Å²) in [6.45, 7) is 0. The smallest absolute Gasteiger partial charge is 0.0978 e. The molecule has 0 unspecified atom stereocenters. The van der Waals surface area contributed by atoms with Crippen LogP contribution in [0, 0.1) is 0 Å². The van der Waals surface area contributed by atoms with Crippen LogP contribution < -0.4 is 4.90 Å². The van der Waals surface area contributed by atoms with E-state index in [9.17, 15) is 0 Å². The quantitative estimate of drug-likeness (QED) is 0.0904. The lowest BCUT2D eigenvalue weighted by molar-refractivity contribution is 1.18. The number of para-hydroxylation sites is 1. The van der Waals surface area contributed by atoms with Gasteiger partial charge in [0.05, 0.1) is 33.5 Å². The second kappa shape index (κ2) is 39.1. The summed E-state index contributed by atoms with van der Waals surface area (Å²) in [5, 5.41) is 19.5. The molecule has 0 aliphatic carbocycles. The Bertz CT molecular complexity index is 9390. The first-order chi connectivity index (χ1) is 73.3. The lowest BCUT2D eigenvalue weighted by atomic mass is 9.90. The Morgan fingerprint density at radius 2 is 0.358 bits per heavy atom. The summed E-state index contributed by atoms with van der Waals surface area (Å²) in [5.41, 5.74) is 36.8. The van der Waals surface area contributed by atoms with Crippen molar-refractivity contribution in [2.45, 2.75) is 0 Å². The molecule has 0 aliphatic heterocycles. The van der Waals surface area contributed by atoms with Gasteiger partial charge in [-0.15, -0.1) is 0 Å². The topological polar surface area (TPSA) is 34.0 Å². The van der Waals surface area contributed by atoms with Crippen LogP contribution >= 0.6 is 0 Å². The van der Waals surface area contributed by atoms with Gasteiger partial charge in [0, 0.05) is 55.4 Å². The van der Waals surface area contributed by atoms with Crippen molar-refractivity contribution in [3.05, 3.63) is 582 Å². The van der Waals surface area contributed by atoms with Crippen molar-refractivity contribution in [1.82, 2.24) is 14.5 Å². The van der Waals surface area contributed by atoms with Crippen LogP contribution in [0.25, 0.3) is 248 Å². The third kappa shape index (κ3) is 17.6. The monoisotopic (exact) mass is 1880 g/mol. The Morgan fingerprint density at radius 3 is 0.703 bits per heavy atom. The lowest BCUT2D eigenvalue weighted by Crippen LogP contribution is -2.09. The number of hydrogen-bond donors (Lipinski definition) is 0. The highest BCUT2D eigenvalue weighted by Crippen LogP contribution is 2.47. The van der Waals surface area contributed by atoms with Crippen molar-refractivity contribution in [3.63, 3.8) is 0 Å². The van der Waals surface area contributed by atoms with Crippen molar-refractivity contribution in [3.8, 4) is 139 Å². The number of nitrogens with zero attached hydrogens (tertiary/aromatic N) is 4. The molecule has 0 radical (unpaired) electrons. The van der Waals surface area contributed by atoms with Gasteiger partial charge in [-0.05, 0) is 303 Å². The Kier molecular flexibility index (Phi) is 23.4. The van der Waals surface area contributed by atoms with Crippen LogP contribution in [-0.4, -0.2) is 14.5 Å². The van der Waals surface area contributed by atoms with Crippen molar-refractivity contribution < 1.29 is 0 Å². The highest BCUT2D eigenvalue weighted by Gasteiger charge is 2.23. The number of pyridine rings is 2. The number of anilines is 3. The van der Waals surface area contributed by atoms with E-state index in [2.05, 4.69) is 592 Å². The average molecular weight is 1880 g/mol. The van der Waals surface area contributed by atoms with Crippen LogP contribution in [0.1, 0.15) is 0 Å². The van der Waals surface area contributed by atoms with E-state index in [1.807, 2.05) is 0 Å². The van der Waals surface area contributed by atoms with Gasteiger partial charge < -0.3 is 9.47 Å². The summed E-state index contributed by atoms with van der Waals surface area (Å²) in [4.78, 5) is 13.2. The molecule has 4 heteroatoms. The Hall–Kier alpha value is -19.5. The van der Waals surface area contributed by atoms with E-state index in [1.165, 1.54) is 175 Å². The SMILES string of the molecule is c1ccc(-c2cc(-c3ccc4ccccc4c3)nc3c2ccc2c(-c4ccccc4)cc(-c4ccc5ccccc5c4)nc23)cc1.c1ccc(-c2ccc(N(c3ccc(-c4ccccc4)cc3)c3ccc(-c4cc5ccccc5cc4-c4ccc5ccccc5c4)cc3)cc2)cc1.c1ccc(-n2c3ccc(-c4ccc(-c5ccc6ccccc6c5)cc4)cc3c3cc(-c4ccc(-c5ccc6ccccc6c5)cc4)ccc32)cc1. The molecule has 3 aromatic heterocycles. The van der Waals surface area contributed by atoms with E-state index in [1.54, 1.807) is 0 Å². The number of aromatic nitrogens is 3. The first kappa shape index (κ1) is 88.6. The minimum absolute atomic E-state index is 0.904. The summed E-state index contributed by atoms with van der Waals surface area (Å²) in [6.07, 6.45) is 0. The predicted molar refractivity (Wildman–Crippen MR) is 629 cm³/mol. The number of benzene rings is 25. The van der Waals surface area contributed by atoms with Crippen LogP contribution in [0.5, 0.6) is 0 Å². The molecular weight excluding hydrogens is 1790 g/mol. The van der Waals surface area contributed by atoms with E-state index in [0.29, 0.717) is 0 Å². The molecule has 0 saturated heterocycles. The highest BCUT2D eigenvalue weighted by molar-refractivity contribution is 6.15. The Morgan fingerprint density at radius 1 is 0.135 bits per heavy atom. The summed E-state index contributed by atoms with van der Waals surface area (Å²) < 4.78 is 2.39. The maximum atomic E-state index is 5.42. The zero-order valence-corrected chi connectivity index (χ0v) is 81.2. The first-order valence-electron chi connectivity index (χ1n) is 50.7. The molecular formula is C144H96N4. The number of hydrogen-bond acceptors (Lipinski definition) is 3. The van der Waals surface area contributed by atoms with Gasteiger partial charge in [0.2, 0.25) is 0 Å². The van der Waals surface area contributed by atoms with Crippen molar-refractivity contribution >= 4 is 125 Å². The summed E-state index contributed by atoms with van der Waals surface area (Å²) in [7, 11) is 0. The molecule has 692 valence electrons. The van der Waals surface area contributed by atoms with Crippen molar-refractivity contribution in [2.75, 3.05) is 4.90 Å². The molecule has 0 amide bonds. The fourth-order valence-electron chi connectivity index (χ4n) is 21.5. The molecule has 0 spiro atoms. The minimum Gasteiger partial charge on any atom is -0.311 e. The van der Waals surface area contributed by atoms with E-state index < -0.39 is 0 Å². The van der Waals surface area contributed by atoms with Gasteiger partial charge in [-0.3, -0.25) is 0 Å². The summed E-state index contributed by atoms with van der Waals surface area (Å²) in [6, 6.07) is 210. The second-order valence-corrected chi connectivity index (χ2v) is 38.3. The molecule has 0 bridgehead atoms. The fourth-order valence-corrected chi connectivity index (χ4v) is 21.5. The number of rotatable bonds is 16. The molecule has 4 nitrogen and oxygen atoms in total. The third-order valence-electron chi connectivity index (χ3n) is 29.2. The third-order valence-corrected chi connectivity index (χ3v) is 29.2. The molecule has 0 atom stereocenters. The lowest BCUT2D eigenvalue weighted by Gasteiger charge is -2.26. The molecule has 25 aromatic carbocycles. The molecule has 28 aromatic rings. The van der Waals surface area contributed by atoms with Crippen LogP contribution in [0.3, 0.4) is 0 Å². The largest absolute Gasteiger partial charge is 0.311 e. The maximum absolute atomic E-state index is 5.42. The maximum Gasteiger partial charge on any atom is 0.0978 e. The van der Waals surface area contributed by atoms with Gasteiger partial charge in [0.1, 0.15) is 0 Å². The van der Waals surface area contributed by atoms with Gasteiger partial charge in [-0.2, -0.15) is 0 Å². The molecule has 28 rings (SSSR count). The molecule has 0 fully saturated rings. The van der Waals surface area contributed by atoms with E-state index >= 15 is 0 Å². The first-order valence-corrected chi connectivity index (χ1v) is 50.7. The standard InChI is InChI=1S/C50H33N.C50H35N.C44H28N2/c1-2-12-46(13-3-1)51-49-28-26-44(38-18-14-36(15-19-38)42-24-22-34-8-4-6-10-40(34)30-42)32-47(49)48-33-45(27-29-50(48)51)39-20-16-37(17-21-39)43-25-23-35-9-5-7-11-41(35)31-43;1-3-11-36(12-4-1)39-21-27-46(28-22-39)51(47-29-23-40(24-30-47)37-13-5-2-6-14-37)48-31-25-41(26-32-48)49-34-43-17-9-10-18-44(43)35-50(49)45-20-19-38-15-7-8-16-42(38)33-45;1-3-13-31(14-4-1)39-27-41(35-21-19-29-11-7-9-17-33(29)25-35)45-43-37(39)23-24-38-40(32-15-5-2-6-16-32)28-42(46-44(38)43)36-22-20-30-12-8-10-18-34(30)26-36/h1-33H;1-35H;1-28H. The van der Waals surface area contributed by atoms with Crippen LogP contribution in [0.4, 0.5) is 17.1 Å². The normalized spacial score (nSPS) is 11.4. The van der Waals surface area contributed by atoms with E-state index in [4.69, 9.17) is 9.97 Å². The van der Waals surface area contributed by atoms with Gasteiger partial charge >= 0.3 is 0 Å². The zero-order chi connectivity index (χ0) is 98.2. The van der Waals surface area contributed by atoms with E-state index in [-0.39, 0.29) is 0 Å². The fraction of sp³-hybridized carbons (Fsp3) is 0.